The molecule has 5 nitrogen and oxygen atoms in total. The molecule has 15 heavy (non-hydrogen) atoms. The van der Waals surface area contributed by atoms with E-state index in [4.69, 9.17) is 10.5 Å². The van der Waals surface area contributed by atoms with Crippen molar-refractivity contribution in [2.24, 2.45) is 12.8 Å². The quantitative estimate of drug-likeness (QED) is 0.699. The molecule has 0 radical (unpaired) electrons. The molecule has 1 aromatic heterocycles. The zero-order valence-electron chi connectivity index (χ0n) is 9.60. The molecule has 0 amide bonds. The van der Waals surface area contributed by atoms with Crippen molar-refractivity contribution in [1.82, 2.24) is 14.9 Å². The van der Waals surface area contributed by atoms with E-state index in [1.165, 1.54) is 0 Å². The zero-order valence-corrected chi connectivity index (χ0v) is 9.60. The van der Waals surface area contributed by atoms with Gasteiger partial charge >= 0.3 is 0 Å². The van der Waals surface area contributed by atoms with Crippen molar-refractivity contribution in [1.29, 1.82) is 0 Å². The Morgan fingerprint density at radius 1 is 1.67 bits per heavy atom. The fraction of sp³-hybridized carbons (Fsp3) is 0.700. The minimum atomic E-state index is 0.134. The maximum atomic E-state index is 5.72. The SMILES string of the molecule is COC(C)CNC(CN)c1cncn1C. The third-order valence-electron chi connectivity index (χ3n) is 2.50. The first-order valence-electron chi connectivity index (χ1n) is 5.11. The highest BCUT2D eigenvalue weighted by molar-refractivity contribution is 5.05. The van der Waals surface area contributed by atoms with E-state index in [0.29, 0.717) is 6.54 Å². The fourth-order valence-electron chi connectivity index (χ4n) is 1.40. The molecule has 0 spiro atoms. The lowest BCUT2D eigenvalue weighted by Crippen LogP contribution is -2.34. The first-order chi connectivity index (χ1) is 7.19. The van der Waals surface area contributed by atoms with Gasteiger partial charge in [0, 0.05) is 33.4 Å². The van der Waals surface area contributed by atoms with Gasteiger partial charge in [-0.1, -0.05) is 0 Å². The summed E-state index contributed by atoms with van der Waals surface area (Å²) in [6.45, 7) is 3.35. The molecule has 3 N–H and O–H groups in total. The second kappa shape index (κ2) is 5.85. The van der Waals surface area contributed by atoms with Gasteiger partial charge in [0.05, 0.1) is 24.2 Å². The van der Waals surface area contributed by atoms with Gasteiger partial charge in [-0.2, -0.15) is 0 Å². The molecule has 0 bridgehead atoms. The second-order valence-corrected chi connectivity index (χ2v) is 3.67. The average Bonchev–Trinajstić information content (AvgIpc) is 2.65. The highest BCUT2D eigenvalue weighted by atomic mass is 16.5. The predicted octanol–water partition coefficient (Wildman–Crippen LogP) is 0.0444. The van der Waals surface area contributed by atoms with Gasteiger partial charge in [-0.25, -0.2) is 4.98 Å². The minimum Gasteiger partial charge on any atom is -0.380 e. The van der Waals surface area contributed by atoms with Gasteiger partial charge in [-0.3, -0.25) is 0 Å². The molecule has 0 aromatic carbocycles. The fourth-order valence-corrected chi connectivity index (χ4v) is 1.40. The van der Waals surface area contributed by atoms with Gasteiger partial charge in [0.1, 0.15) is 0 Å². The Balaban J connectivity index is 2.53. The summed E-state index contributed by atoms with van der Waals surface area (Å²) in [5.74, 6) is 0. The first-order valence-corrected chi connectivity index (χ1v) is 5.11. The van der Waals surface area contributed by atoms with Crippen molar-refractivity contribution < 1.29 is 4.74 Å². The van der Waals surface area contributed by atoms with Crippen LogP contribution >= 0.6 is 0 Å². The Hall–Kier alpha value is -0.910. The molecule has 0 aliphatic heterocycles. The van der Waals surface area contributed by atoms with Crippen LogP contribution in [0.15, 0.2) is 12.5 Å². The van der Waals surface area contributed by atoms with Crippen LogP contribution in [0.1, 0.15) is 18.7 Å². The smallest absolute Gasteiger partial charge is 0.0946 e. The largest absolute Gasteiger partial charge is 0.380 e. The van der Waals surface area contributed by atoms with E-state index in [1.807, 2.05) is 24.7 Å². The van der Waals surface area contributed by atoms with Gasteiger partial charge in [-0.15, -0.1) is 0 Å². The molecule has 1 rings (SSSR count). The molecule has 0 aliphatic rings. The van der Waals surface area contributed by atoms with Crippen LogP contribution in [-0.4, -0.2) is 35.9 Å². The van der Waals surface area contributed by atoms with Crippen LogP contribution in [0.4, 0.5) is 0 Å². The van der Waals surface area contributed by atoms with Crippen LogP contribution in [0.3, 0.4) is 0 Å². The van der Waals surface area contributed by atoms with Gasteiger partial charge in [0.2, 0.25) is 0 Å². The first kappa shape index (κ1) is 12.2. The van der Waals surface area contributed by atoms with E-state index in [1.54, 1.807) is 13.4 Å². The van der Waals surface area contributed by atoms with Gasteiger partial charge < -0.3 is 20.4 Å². The molecule has 5 heteroatoms. The highest BCUT2D eigenvalue weighted by Crippen LogP contribution is 2.09. The lowest BCUT2D eigenvalue weighted by atomic mass is 10.2. The summed E-state index contributed by atoms with van der Waals surface area (Å²) < 4.78 is 7.14. The molecule has 2 unspecified atom stereocenters. The summed E-state index contributed by atoms with van der Waals surface area (Å²) in [6, 6.07) is 0.134. The Morgan fingerprint density at radius 2 is 2.40 bits per heavy atom. The van der Waals surface area contributed by atoms with E-state index in [9.17, 15) is 0 Å². The average molecular weight is 212 g/mol. The van der Waals surface area contributed by atoms with Crippen molar-refractivity contribution in [3.63, 3.8) is 0 Å². The highest BCUT2D eigenvalue weighted by Gasteiger charge is 2.13. The Kier molecular flexibility index (Phi) is 4.74. The van der Waals surface area contributed by atoms with Crippen LogP contribution in [0.5, 0.6) is 0 Å². The number of hydrogen-bond donors (Lipinski definition) is 2. The maximum Gasteiger partial charge on any atom is 0.0946 e. The molecule has 0 saturated heterocycles. The predicted molar refractivity (Wildman–Crippen MR) is 59.5 cm³/mol. The van der Waals surface area contributed by atoms with Crippen LogP contribution in [0.25, 0.3) is 0 Å². The van der Waals surface area contributed by atoms with Crippen molar-refractivity contribution in [3.8, 4) is 0 Å². The number of nitrogens with zero attached hydrogens (tertiary/aromatic N) is 2. The lowest BCUT2D eigenvalue weighted by molar-refractivity contribution is 0.114. The number of imidazole rings is 1. The van der Waals surface area contributed by atoms with Crippen LogP contribution in [0.2, 0.25) is 0 Å². The number of aryl methyl sites for hydroxylation is 1. The van der Waals surface area contributed by atoms with Crippen molar-refractivity contribution >= 4 is 0 Å². The summed E-state index contributed by atoms with van der Waals surface area (Å²) in [4.78, 5) is 4.07. The molecule has 0 saturated carbocycles. The maximum absolute atomic E-state index is 5.72. The van der Waals surface area contributed by atoms with E-state index < -0.39 is 0 Å². The third-order valence-corrected chi connectivity index (χ3v) is 2.50. The number of aromatic nitrogens is 2. The normalized spacial score (nSPS) is 15.2. The Bertz CT molecular complexity index is 287. The van der Waals surface area contributed by atoms with Crippen LogP contribution in [0, 0.1) is 0 Å². The monoisotopic (exact) mass is 212 g/mol. The summed E-state index contributed by atoms with van der Waals surface area (Å²) in [6.07, 6.45) is 3.80. The minimum absolute atomic E-state index is 0.134. The zero-order chi connectivity index (χ0) is 11.3. The van der Waals surface area contributed by atoms with Gasteiger partial charge in [0.15, 0.2) is 0 Å². The summed E-state index contributed by atoms with van der Waals surface area (Å²) in [5, 5.41) is 3.35. The van der Waals surface area contributed by atoms with Crippen molar-refractivity contribution in [2.75, 3.05) is 20.2 Å². The summed E-state index contributed by atoms with van der Waals surface area (Å²) >= 11 is 0. The molecular formula is C10H20N4O. The molecule has 2 atom stereocenters. The summed E-state index contributed by atoms with van der Waals surface area (Å²) in [7, 11) is 3.67. The van der Waals surface area contributed by atoms with Crippen molar-refractivity contribution in [3.05, 3.63) is 18.2 Å². The van der Waals surface area contributed by atoms with Crippen molar-refractivity contribution in [2.45, 2.75) is 19.1 Å². The lowest BCUT2D eigenvalue weighted by Gasteiger charge is -2.19. The topological polar surface area (TPSA) is 65.1 Å². The second-order valence-electron chi connectivity index (χ2n) is 3.67. The number of nitrogens with two attached hydrogens (primary N) is 1. The van der Waals surface area contributed by atoms with Gasteiger partial charge in [0.25, 0.3) is 0 Å². The number of methoxy groups -OCH3 is 1. The standard InChI is InChI=1S/C10H20N4O/c1-8(15-3)5-13-9(4-11)10-6-12-7-14(10)2/h6-9,13H,4-5,11H2,1-3H3. The van der Waals surface area contributed by atoms with Gasteiger partial charge in [-0.05, 0) is 6.92 Å². The van der Waals surface area contributed by atoms with E-state index in [0.717, 1.165) is 12.2 Å². The Morgan fingerprint density at radius 3 is 2.87 bits per heavy atom. The molecule has 0 fully saturated rings. The summed E-state index contributed by atoms with van der Waals surface area (Å²) in [5.41, 5.74) is 6.81. The van der Waals surface area contributed by atoms with E-state index in [-0.39, 0.29) is 12.1 Å². The van der Waals surface area contributed by atoms with Crippen LogP contribution < -0.4 is 11.1 Å². The number of ether oxygens (including phenoxy) is 1. The number of rotatable bonds is 6. The molecule has 0 aliphatic carbocycles. The molecule has 86 valence electrons. The van der Waals surface area contributed by atoms with E-state index >= 15 is 0 Å². The molecule has 1 heterocycles. The number of hydrogen-bond acceptors (Lipinski definition) is 4. The molecule has 1 aromatic rings. The van der Waals surface area contributed by atoms with Crippen LogP contribution in [-0.2, 0) is 11.8 Å². The Labute approximate surface area is 90.6 Å². The van der Waals surface area contributed by atoms with E-state index in [2.05, 4.69) is 10.3 Å². The number of nitrogens with one attached hydrogen (secondary N) is 1. The molecular weight excluding hydrogens is 192 g/mol. The third kappa shape index (κ3) is 3.30.